The summed E-state index contributed by atoms with van der Waals surface area (Å²) in [7, 11) is 0. The van der Waals surface area contributed by atoms with Crippen LogP contribution in [-0.2, 0) is 6.54 Å². The van der Waals surface area contributed by atoms with E-state index in [1.54, 1.807) is 0 Å². The maximum atomic E-state index is 6.18. The van der Waals surface area contributed by atoms with Gasteiger partial charge in [0.25, 0.3) is 0 Å². The summed E-state index contributed by atoms with van der Waals surface area (Å²) >= 11 is 6.18. The molecule has 0 aliphatic heterocycles. The van der Waals surface area contributed by atoms with Gasteiger partial charge in [0.05, 0.1) is 5.52 Å². The number of halogens is 1. The predicted molar refractivity (Wildman–Crippen MR) is 82.9 cm³/mol. The number of fused-ring (bicyclic) bond motifs is 1. The minimum atomic E-state index is 0.585. The van der Waals surface area contributed by atoms with E-state index in [-0.39, 0.29) is 0 Å². The first-order valence-electron chi connectivity index (χ1n) is 6.83. The molecule has 0 radical (unpaired) electrons. The highest BCUT2D eigenvalue weighted by atomic mass is 35.5. The van der Waals surface area contributed by atoms with Crippen LogP contribution in [0.2, 0.25) is 5.15 Å². The van der Waals surface area contributed by atoms with Crippen LogP contribution in [0.15, 0.2) is 18.2 Å². The van der Waals surface area contributed by atoms with Crippen molar-refractivity contribution in [3.63, 3.8) is 0 Å². The third-order valence-electron chi connectivity index (χ3n) is 3.59. The van der Waals surface area contributed by atoms with Crippen molar-refractivity contribution >= 4 is 22.5 Å². The lowest BCUT2D eigenvalue weighted by molar-refractivity contribution is 0.297. The van der Waals surface area contributed by atoms with E-state index in [4.69, 9.17) is 11.6 Å². The smallest absolute Gasteiger partial charge is 0.130 e. The van der Waals surface area contributed by atoms with E-state index < -0.39 is 0 Å². The van der Waals surface area contributed by atoms with Crippen LogP contribution in [0.25, 0.3) is 10.9 Å². The lowest BCUT2D eigenvalue weighted by atomic mass is 10.0. The average molecular weight is 277 g/mol. The summed E-state index contributed by atoms with van der Waals surface area (Å²) in [6, 6.07) is 6.37. The first kappa shape index (κ1) is 14.3. The van der Waals surface area contributed by atoms with Crippen LogP contribution in [0.1, 0.15) is 30.5 Å². The second-order valence-corrected chi connectivity index (χ2v) is 5.43. The number of aryl methyl sites for hydroxylation is 2. The Balaban J connectivity index is 2.59. The molecule has 0 amide bonds. The van der Waals surface area contributed by atoms with Crippen molar-refractivity contribution in [2.45, 2.75) is 34.2 Å². The summed E-state index contributed by atoms with van der Waals surface area (Å²) < 4.78 is 0. The second kappa shape index (κ2) is 5.89. The van der Waals surface area contributed by atoms with Gasteiger partial charge in [-0.3, -0.25) is 4.90 Å². The van der Waals surface area contributed by atoms with Crippen molar-refractivity contribution in [3.8, 4) is 0 Å². The van der Waals surface area contributed by atoms with Crippen LogP contribution in [0.5, 0.6) is 0 Å². The predicted octanol–water partition coefficient (Wildman–Crippen LogP) is 4.35. The highest BCUT2D eigenvalue weighted by molar-refractivity contribution is 6.30. The van der Waals surface area contributed by atoms with Gasteiger partial charge in [0.1, 0.15) is 5.15 Å². The highest BCUT2D eigenvalue weighted by Crippen LogP contribution is 2.26. The molecule has 0 unspecified atom stereocenters. The van der Waals surface area contributed by atoms with Gasteiger partial charge in [-0.2, -0.15) is 0 Å². The van der Waals surface area contributed by atoms with E-state index in [2.05, 4.69) is 49.7 Å². The SMILES string of the molecule is CCN(CC)Cc1cc(Cl)nc2c(C)cc(C)cc12. The van der Waals surface area contributed by atoms with Gasteiger partial charge >= 0.3 is 0 Å². The quantitative estimate of drug-likeness (QED) is 0.772. The molecule has 0 aliphatic carbocycles. The number of rotatable bonds is 4. The third-order valence-corrected chi connectivity index (χ3v) is 3.78. The molecule has 2 nitrogen and oxygen atoms in total. The van der Waals surface area contributed by atoms with Gasteiger partial charge in [0, 0.05) is 11.9 Å². The molecule has 0 aliphatic rings. The van der Waals surface area contributed by atoms with Gasteiger partial charge in [0.2, 0.25) is 0 Å². The normalized spacial score (nSPS) is 11.5. The fourth-order valence-electron chi connectivity index (χ4n) is 2.53. The first-order chi connectivity index (χ1) is 9.05. The second-order valence-electron chi connectivity index (χ2n) is 5.04. The van der Waals surface area contributed by atoms with Crippen molar-refractivity contribution in [2.75, 3.05) is 13.1 Å². The molecule has 0 N–H and O–H groups in total. The van der Waals surface area contributed by atoms with E-state index in [1.165, 1.54) is 22.1 Å². The number of benzene rings is 1. The van der Waals surface area contributed by atoms with Gasteiger partial charge in [-0.1, -0.05) is 37.1 Å². The molecule has 0 fully saturated rings. The lowest BCUT2D eigenvalue weighted by Crippen LogP contribution is -2.22. The van der Waals surface area contributed by atoms with Crippen LogP contribution >= 0.6 is 11.6 Å². The molecule has 0 bridgehead atoms. The Bertz CT molecular complexity index is 589. The summed E-state index contributed by atoms with van der Waals surface area (Å²) in [6.45, 7) is 11.6. The van der Waals surface area contributed by atoms with Gasteiger partial charge in [-0.05, 0) is 50.2 Å². The van der Waals surface area contributed by atoms with Crippen LogP contribution in [0, 0.1) is 13.8 Å². The Morgan fingerprint density at radius 1 is 1.11 bits per heavy atom. The Labute approximate surface area is 120 Å². The zero-order chi connectivity index (χ0) is 14.0. The standard InChI is InChI=1S/C16H21ClN2/c1-5-19(6-2)10-13-9-15(17)18-16-12(4)7-11(3)8-14(13)16/h7-9H,5-6,10H2,1-4H3. The lowest BCUT2D eigenvalue weighted by Gasteiger charge is -2.19. The summed E-state index contributed by atoms with van der Waals surface area (Å²) in [4.78, 5) is 6.87. The van der Waals surface area contributed by atoms with Gasteiger partial charge in [-0.25, -0.2) is 4.98 Å². The van der Waals surface area contributed by atoms with Crippen LogP contribution in [0.4, 0.5) is 0 Å². The highest BCUT2D eigenvalue weighted by Gasteiger charge is 2.10. The molecule has 102 valence electrons. The molecule has 0 saturated heterocycles. The fourth-order valence-corrected chi connectivity index (χ4v) is 2.75. The van der Waals surface area contributed by atoms with Gasteiger partial charge in [-0.15, -0.1) is 0 Å². The minimum Gasteiger partial charge on any atom is -0.300 e. The van der Waals surface area contributed by atoms with Crippen molar-refractivity contribution in [1.29, 1.82) is 0 Å². The maximum absolute atomic E-state index is 6.18. The molecule has 1 heterocycles. The number of hydrogen-bond donors (Lipinski definition) is 0. The molecule has 3 heteroatoms. The summed E-state index contributed by atoms with van der Waals surface area (Å²) in [5.74, 6) is 0. The molecule has 1 aromatic carbocycles. The Morgan fingerprint density at radius 2 is 1.79 bits per heavy atom. The summed E-state index contributed by atoms with van der Waals surface area (Å²) in [6.07, 6.45) is 0. The molecule has 2 rings (SSSR count). The zero-order valence-electron chi connectivity index (χ0n) is 12.1. The van der Waals surface area contributed by atoms with E-state index in [0.29, 0.717) is 5.15 Å². The monoisotopic (exact) mass is 276 g/mol. The third kappa shape index (κ3) is 3.07. The van der Waals surface area contributed by atoms with Crippen LogP contribution in [-0.4, -0.2) is 23.0 Å². The van der Waals surface area contributed by atoms with E-state index >= 15 is 0 Å². The molecule has 0 saturated carbocycles. The van der Waals surface area contributed by atoms with Gasteiger partial charge < -0.3 is 0 Å². The Kier molecular flexibility index (Phi) is 4.43. The minimum absolute atomic E-state index is 0.585. The van der Waals surface area contributed by atoms with Crippen molar-refractivity contribution in [3.05, 3.63) is 40.0 Å². The number of aromatic nitrogens is 1. The van der Waals surface area contributed by atoms with E-state index in [1.807, 2.05) is 6.07 Å². The molecule has 1 aromatic heterocycles. The number of pyridine rings is 1. The molecule has 2 aromatic rings. The first-order valence-corrected chi connectivity index (χ1v) is 7.21. The molecule has 0 atom stereocenters. The average Bonchev–Trinajstić information content (AvgIpc) is 2.37. The molecular weight excluding hydrogens is 256 g/mol. The van der Waals surface area contributed by atoms with Crippen LogP contribution in [0.3, 0.4) is 0 Å². The molecule has 0 spiro atoms. The molecule has 19 heavy (non-hydrogen) atoms. The topological polar surface area (TPSA) is 16.1 Å². The van der Waals surface area contributed by atoms with Crippen molar-refractivity contribution in [1.82, 2.24) is 9.88 Å². The van der Waals surface area contributed by atoms with Crippen LogP contribution < -0.4 is 0 Å². The summed E-state index contributed by atoms with van der Waals surface area (Å²) in [5.41, 5.74) is 4.76. The number of hydrogen-bond acceptors (Lipinski definition) is 2. The van der Waals surface area contributed by atoms with Crippen molar-refractivity contribution in [2.24, 2.45) is 0 Å². The zero-order valence-corrected chi connectivity index (χ0v) is 12.9. The summed E-state index contributed by atoms with van der Waals surface area (Å²) in [5, 5.41) is 1.82. The molecular formula is C16H21ClN2. The van der Waals surface area contributed by atoms with Gasteiger partial charge in [0.15, 0.2) is 0 Å². The Morgan fingerprint density at radius 3 is 2.42 bits per heavy atom. The maximum Gasteiger partial charge on any atom is 0.130 e. The Hall–Kier alpha value is -1.12. The van der Waals surface area contributed by atoms with E-state index in [9.17, 15) is 0 Å². The van der Waals surface area contributed by atoms with Crippen molar-refractivity contribution < 1.29 is 0 Å². The number of nitrogens with zero attached hydrogens (tertiary/aromatic N) is 2. The fraction of sp³-hybridized carbons (Fsp3) is 0.438. The van der Waals surface area contributed by atoms with E-state index in [0.717, 1.165) is 25.2 Å². The largest absolute Gasteiger partial charge is 0.300 e.